The number of carbonyl (C=O) groups is 1. The molecule has 1 rings (SSSR count). The maximum Gasteiger partial charge on any atom is 0.341 e. The van der Waals surface area contributed by atoms with E-state index in [0.717, 1.165) is 6.07 Å². The van der Waals surface area contributed by atoms with Gasteiger partial charge in [0, 0.05) is 0 Å². The lowest BCUT2D eigenvalue weighted by atomic mass is 10.3. The first-order valence-corrected chi connectivity index (χ1v) is 6.39. The molecule has 0 heterocycles. The molecule has 3 N–H and O–H groups in total. The Kier molecular flexibility index (Phi) is 4.21. The Labute approximate surface area is 107 Å². The summed E-state index contributed by atoms with van der Waals surface area (Å²) in [5, 5.41) is 12.8. The topological polar surface area (TPSA) is 107 Å². The molecule has 0 bridgehead atoms. The fourth-order valence-corrected chi connectivity index (χ4v) is 2.35. The lowest BCUT2D eigenvalue weighted by Gasteiger charge is -2.09. The van der Waals surface area contributed by atoms with Crippen molar-refractivity contribution in [1.29, 1.82) is 0 Å². The van der Waals surface area contributed by atoms with Crippen molar-refractivity contribution < 1.29 is 23.1 Å². The van der Waals surface area contributed by atoms with Crippen LogP contribution < -0.4 is 9.88 Å². The third-order valence-electron chi connectivity index (χ3n) is 1.67. The van der Waals surface area contributed by atoms with Crippen LogP contribution in [0.3, 0.4) is 0 Å². The lowest BCUT2D eigenvalue weighted by molar-refractivity contribution is -0.139. The van der Waals surface area contributed by atoms with Gasteiger partial charge in [0.1, 0.15) is 15.7 Å². The first-order chi connectivity index (χ1) is 7.73. The van der Waals surface area contributed by atoms with Crippen LogP contribution in [0.5, 0.6) is 5.75 Å². The van der Waals surface area contributed by atoms with Gasteiger partial charge in [-0.2, -0.15) is 0 Å². The molecule has 0 aliphatic carbocycles. The van der Waals surface area contributed by atoms with Crippen LogP contribution in [0.2, 0.25) is 10.0 Å². The number of sulfonamides is 1. The molecule has 0 aliphatic heterocycles. The lowest BCUT2D eigenvalue weighted by Crippen LogP contribution is -2.14. The molecule has 9 heteroatoms. The predicted octanol–water partition coefficient (Wildman–Crippen LogP) is 1.10. The van der Waals surface area contributed by atoms with E-state index >= 15 is 0 Å². The zero-order chi connectivity index (χ0) is 13.2. The Hall–Kier alpha value is -1.02. The van der Waals surface area contributed by atoms with Crippen molar-refractivity contribution in [2.45, 2.75) is 4.90 Å². The number of ether oxygens (including phenoxy) is 1. The Balaban J connectivity index is 3.16. The average Bonchev–Trinajstić information content (AvgIpc) is 2.18. The van der Waals surface area contributed by atoms with Crippen LogP contribution >= 0.6 is 23.2 Å². The summed E-state index contributed by atoms with van der Waals surface area (Å²) in [4.78, 5) is 9.92. The van der Waals surface area contributed by atoms with Gasteiger partial charge in [-0.1, -0.05) is 23.2 Å². The van der Waals surface area contributed by atoms with Crippen molar-refractivity contribution in [2.75, 3.05) is 6.61 Å². The number of benzene rings is 1. The Morgan fingerprint density at radius 2 is 1.94 bits per heavy atom. The molecule has 1 aromatic rings. The second kappa shape index (κ2) is 5.09. The largest absolute Gasteiger partial charge is 0.480 e. The molecule has 1 aromatic carbocycles. The van der Waals surface area contributed by atoms with E-state index in [1.54, 1.807) is 0 Å². The van der Waals surface area contributed by atoms with Crippen LogP contribution in [0.15, 0.2) is 17.0 Å². The van der Waals surface area contributed by atoms with Gasteiger partial charge in [-0.15, -0.1) is 0 Å². The summed E-state index contributed by atoms with van der Waals surface area (Å²) in [5.74, 6) is -1.24. The molecule has 0 saturated carbocycles. The Bertz CT molecular complexity index is 557. The SMILES string of the molecule is NS(=O)(=O)c1ccc(OCC(=O)O)c(Cl)c1Cl. The van der Waals surface area contributed by atoms with E-state index in [1.807, 2.05) is 0 Å². The van der Waals surface area contributed by atoms with E-state index in [4.69, 9.17) is 38.2 Å². The van der Waals surface area contributed by atoms with E-state index in [-0.39, 0.29) is 20.7 Å². The van der Waals surface area contributed by atoms with Gasteiger partial charge in [0.25, 0.3) is 0 Å². The van der Waals surface area contributed by atoms with E-state index in [1.165, 1.54) is 6.07 Å². The molecule has 0 amide bonds. The monoisotopic (exact) mass is 299 g/mol. The zero-order valence-electron chi connectivity index (χ0n) is 8.18. The summed E-state index contributed by atoms with van der Waals surface area (Å²) in [6, 6.07) is 2.26. The minimum absolute atomic E-state index is 0.0357. The van der Waals surface area contributed by atoms with Crippen molar-refractivity contribution in [3.63, 3.8) is 0 Å². The number of carboxylic acids is 1. The van der Waals surface area contributed by atoms with Crippen molar-refractivity contribution in [1.82, 2.24) is 0 Å². The quantitative estimate of drug-likeness (QED) is 0.866. The maximum atomic E-state index is 11.1. The molecule has 0 radical (unpaired) electrons. The fraction of sp³-hybridized carbons (Fsp3) is 0.125. The van der Waals surface area contributed by atoms with Crippen molar-refractivity contribution in [2.24, 2.45) is 5.14 Å². The van der Waals surface area contributed by atoms with Crippen LogP contribution in [-0.2, 0) is 14.8 Å². The first-order valence-electron chi connectivity index (χ1n) is 4.09. The number of rotatable bonds is 4. The Morgan fingerprint density at radius 1 is 1.35 bits per heavy atom. The molecule has 0 aliphatic rings. The molecule has 0 atom stereocenters. The number of aliphatic carboxylic acids is 1. The second-order valence-corrected chi connectivity index (χ2v) is 5.20. The molecule has 0 spiro atoms. The third kappa shape index (κ3) is 3.47. The highest BCUT2D eigenvalue weighted by Gasteiger charge is 2.18. The van der Waals surface area contributed by atoms with E-state index in [2.05, 4.69) is 0 Å². The van der Waals surface area contributed by atoms with Gasteiger partial charge in [-0.25, -0.2) is 18.4 Å². The number of nitrogens with two attached hydrogens (primary N) is 1. The number of halogens is 2. The summed E-state index contributed by atoms with van der Waals surface area (Å²) in [6.07, 6.45) is 0. The number of primary sulfonamides is 1. The van der Waals surface area contributed by atoms with E-state index in [0.29, 0.717) is 0 Å². The molecule has 0 unspecified atom stereocenters. The molecular formula is C8H7Cl2NO5S. The fourth-order valence-electron chi connectivity index (χ4n) is 0.985. The molecular weight excluding hydrogens is 293 g/mol. The first kappa shape index (κ1) is 14.0. The summed E-state index contributed by atoms with van der Waals surface area (Å²) in [7, 11) is -3.99. The highest BCUT2D eigenvalue weighted by atomic mass is 35.5. The van der Waals surface area contributed by atoms with Gasteiger partial charge in [0.05, 0.1) is 5.02 Å². The summed E-state index contributed by atoms with van der Waals surface area (Å²) in [5.41, 5.74) is 0. The molecule has 94 valence electrons. The van der Waals surface area contributed by atoms with Crippen LogP contribution in [0.25, 0.3) is 0 Å². The molecule has 0 aromatic heterocycles. The van der Waals surface area contributed by atoms with Crippen molar-refractivity contribution in [3.05, 3.63) is 22.2 Å². The van der Waals surface area contributed by atoms with Gasteiger partial charge in [0.2, 0.25) is 10.0 Å². The minimum Gasteiger partial charge on any atom is -0.480 e. The Morgan fingerprint density at radius 3 is 2.41 bits per heavy atom. The summed E-state index contributed by atoms with van der Waals surface area (Å²) >= 11 is 11.4. The number of hydrogen-bond donors (Lipinski definition) is 2. The minimum atomic E-state index is -3.99. The van der Waals surface area contributed by atoms with Crippen molar-refractivity contribution >= 4 is 39.2 Å². The van der Waals surface area contributed by atoms with Crippen LogP contribution in [0.4, 0.5) is 0 Å². The number of carboxylic acid groups (broad SMARTS) is 1. The zero-order valence-corrected chi connectivity index (χ0v) is 10.5. The number of hydrogen-bond acceptors (Lipinski definition) is 4. The highest BCUT2D eigenvalue weighted by molar-refractivity contribution is 7.89. The van der Waals surface area contributed by atoms with Gasteiger partial charge >= 0.3 is 5.97 Å². The smallest absolute Gasteiger partial charge is 0.341 e. The van der Waals surface area contributed by atoms with Crippen LogP contribution in [-0.4, -0.2) is 26.1 Å². The highest BCUT2D eigenvalue weighted by Crippen LogP contribution is 2.36. The van der Waals surface area contributed by atoms with Gasteiger partial charge in [0.15, 0.2) is 6.61 Å². The van der Waals surface area contributed by atoms with E-state index < -0.39 is 22.6 Å². The second-order valence-electron chi connectivity index (χ2n) is 2.92. The molecule has 6 nitrogen and oxygen atoms in total. The molecule has 17 heavy (non-hydrogen) atoms. The van der Waals surface area contributed by atoms with Gasteiger partial charge in [-0.05, 0) is 12.1 Å². The summed E-state index contributed by atoms with van der Waals surface area (Å²) in [6.45, 7) is -0.620. The molecule has 0 fully saturated rings. The van der Waals surface area contributed by atoms with Gasteiger partial charge < -0.3 is 9.84 Å². The standard InChI is InChI=1S/C8H7Cl2NO5S/c9-7-4(16-3-6(12)13)1-2-5(8(7)10)17(11,14)15/h1-2H,3H2,(H,12,13)(H2,11,14,15). The van der Waals surface area contributed by atoms with E-state index in [9.17, 15) is 13.2 Å². The predicted molar refractivity (Wildman–Crippen MR) is 61.0 cm³/mol. The van der Waals surface area contributed by atoms with Crippen molar-refractivity contribution in [3.8, 4) is 5.75 Å². The van der Waals surface area contributed by atoms with Gasteiger partial charge in [-0.3, -0.25) is 0 Å². The average molecular weight is 300 g/mol. The van der Waals surface area contributed by atoms with Crippen LogP contribution in [0.1, 0.15) is 0 Å². The summed E-state index contributed by atoms with van der Waals surface area (Å²) < 4.78 is 27.0. The maximum absolute atomic E-state index is 11.1. The normalized spacial score (nSPS) is 11.2. The molecule has 0 saturated heterocycles. The van der Waals surface area contributed by atoms with Crippen LogP contribution in [0, 0.1) is 0 Å². The third-order valence-corrected chi connectivity index (χ3v) is 3.60.